The van der Waals surface area contributed by atoms with Gasteiger partial charge in [-0.25, -0.2) is 4.98 Å². The van der Waals surface area contributed by atoms with E-state index in [0.29, 0.717) is 30.0 Å². The topological polar surface area (TPSA) is 93.2 Å². The van der Waals surface area contributed by atoms with Gasteiger partial charge in [0.1, 0.15) is 23.6 Å². The molecule has 5 rings (SSSR count). The zero-order valence-electron chi connectivity index (χ0n) is 16.0. The number of benzene rings is 1. The molecule has 30 heavy (non-hydrogen) atoms. The summed E-state index contributed by atoms with van der Waals surface area (Å²) in [7, 11) is 0. The molecule has 10 heteroatoms. The van der Waals surface area contributed by atoms with Crippen LogP contribution in [0.25, 0.3) is 0 Å². The number of hydrogen-bond donors (Lipinski definition) is 2. The van der Waals surface area contributed by atoms with E-state index in [-0.39, 0.29) is 30.1 Å². The molecule has 0 spiro atoms. The van der Waals surface area contributed by atoms with Crippen molar-refractivity contribution < 1.29 is 32.9 Å². The molecule has 2 N–H and O–H groups in total. The Morgan fingerprint density at radius 2 is 2.03 bits per heavy atom. The molecule has 3 aliphatic heterocycles. The number of aliphatic hydroxyl groups excluding tert-OH is 1. The first-order valence-electron chi connectivity index (χ1n) is 9.51. The van der Waals surface area contributed by atoms with Crippen molar-refractivity contribution in [3.63, 3.8) is 0 Å². The van der Waals surface area contributed by atoms with Gasteiger partial charge in [0, 0.05) is 24.7 Å². The minimum atomic E-state index is -3.74. The second kappa shape index (κ2) is 6.43. The van der Waals surface area contributed by atoms with Gasteiger partial charge in [0.2, 0.25) is 5.91 Å². The summed E-state index contributed by atoms with van der Waals surface area (Å²) in [6.07, 6.45) is -1.86. The van der Waals surface area contributed by atoms with Crippen LogP contribution in [0.2, 0.25) is 0 Å². The highest BCUT2D eigenvalue weighted by molar-refractivity contribution is 6.00. The van der Waals surface area contributed by atoms with Gasteiger partial charge in [-0.05, 0) is 31.5 Å². The predicted octanol–water partition coefficient (Wildman–Crippen LogP) is 2.26. The van der Waals surface area contributed by atoms with Crippen LogP contribution in [-0.4, -0.2) is 48.1 Å². The van der Waals surface area contributed by atoms with Gasteiger partial charge in [0.15, 0.2) is 11.5 Å². The maximum Gasteiger partial charge on any atom is 0.586 e. The van der Waals surface area contributed by atoms with Gasteiger partial charge < -0.3 is 29.5 Å². The number of fused-ring (bicyclic) bond motifs is 2. The smallest absolute Gasteiger partial charge is 0.492 e. The summed E-state index contributed by atoms with van der Waals surface area (Å²) >= 11 is 0. The van der Waals surface area contributed by atoms with Crippen molar-refractivity contribution in [2.75, 3.05) is 29.9 Å². The summed E-state index contributed by atoms with van der Waals surface area (Å²) in [4.78, 5) is 19.4. The molecule has 0 radical (unpaired) electrons. The Hall–Kier alpha value is -3.14. The van der Waals surface area contributed by atoms with E-state index < -0.39 is 11.7 Å². The van der Waals surface area contributed by atoms with Crippen LogP contribution in [0.5, 0.6) is 17.2 Å². The zero-order valence-corrected chi connectivity index (χ0v) is 16.0. The number of nitrogens with zero attached hydrogens (tertiary/aromatic N) is 2. The van der Waals surface area contributed by atoms with Crippen molar-refractivity contribution in [2.45, 2.75) is 31.2 Å². The van der Waals surface area contributed by atoms with Crippen molar-refractivity contribution in [1.29, 1.82) is 0 Å². The monoisotopic (exact) mass is 419 g/mol. The lowest BCUT2D eigenvalue weighted by Crippen LogP contribution is -2.39. The van der Waals surface area contributed by atoms with E-state index in [1.165, 1.54) is 18.3 Å². The van der Waals surface area contributed by atoms with Gasteiger partial charge in [-0.15, -0.1) is 8.78 Å². The summed E-state index contributed by atoms with van der Waals surface area (Å²) in [6, 6.07) is 6.17. The second-order valence-electron chi connectivity index (χ2n) is 7.83. The maximum atomic E-state index is 13.3. The van der Waals surface area contributed by atoms with Crippen LogP contribution in [0.3, 0.4) is 0 Å². The van der Waals surface area contributed by atoms with E-state index in [9.17, 15) is 18.7 Å². The van der Waals surface area contributed by atoms with E-state index in [1.807, 2.05) is 4.90 Å². The Morgan fingerprint density at radius 3 is 2.70 bits per heavy atom. The number of rotatable bonds is 3. The Bertz CT molecular complexity index is 1020. The largest absolute Gasteiger partial charge is 0.586 e. The number of carbonyl (C=O) groups excluding carboxylic acids is 1. The van der Waals surface area contributed by atoms with Crippen LogP contribution in [0.15, 0.2) is 30.5 Å². The van der Waals surface area contributed by atoms with Crippen LogP contribution in [0.1, 0.15) is 18.9 Å². The van der Waals surface area contributed by atoms with Crippen LogP contribution in [0.4, 0.5) is 20.3 Å². The highest BCUT2D eigenvalue weighted by atomic mass is 19.3. The average molecular weight is 419 g/mol. The Labute approximate surface area is 170 Å². The number of pyridine rings is 1. The van der Waals surface area contributed by atoms with Crippen LogP contribution in [0, 0.1) is 0 Å². The number of ether oxygens (including phenoxy) is 3. The molecule has 158 valence electrons. The number of β-amino-alcohol motifs (C(OH)–C–C–N with tert-alkyl or cyclic N) is 1. The fourth-order valence-electron chi connectivity index (χ4n) is 3.88. The lowest BCUT2D eigenvalue weighted by Gasteiger charge is -2.22. The number of amides is 1. The number of carbonyl (C=O) groups is 1. The SMILES string of the molecule is C[C@]1(C(=O)Nc2ccc(N3CCC(O)C3)nc2)COc2cc3c(cc21)OC(F)(F)O3. The Balaban J connectivity index is 1.34. The molecule has 1 saturated heterocycles. The molecule has 0 aliphatic carbocycles. The third kappa shape index (κ3) is 3.07. The first-order chi connectivity index (χ1) is 14.2. The number of aliphatic hydroxyl groups is 1. The molecule has 3 aliphatic rings. The lowest BCUT2D eigenvalue weighted by molar-refractivity contribution is -0.286. The van der Waals surface area contributed by atoms with Crippen LogP contribution in [-0.2, 0) is 10.2 Å². The van der Waals surface area contributed by atoms with Gasteiger partial charge in [-0.2, -0.15) is 0 Å². The molecule has 1 aromatic carbocycles. The van der Waals surface area contributed by atoms with E-state index in [2.05, 4.69) is 19.8 Å². The number of halogens is 2. The third-order valence-corrected chi connectivity index (χ3v) is 5.61. The third-order valence-electron chi connectivity index (χ3n) is 5.61. The van der Waals surface area contributed by atoms with E-state index in [4.69, 9.17) is 4.74 Å². The number of alkyl halides is 2. The summed E-state index contributed by atoms with van der Waals surface area (Å²) in [5, 5.41) is 12.5. The van der Waals surface area contributed by atoms with E-state index in [0.717, 1.165) is 12.4 Å². The van der Waals surface area contributed by atoms with Gasteiger partial charge in [-0.1, -0.05) is 0 Å². The summed E-state index contributed by atoms with van der Waals surface area (Å²) < 4.78 is 41.2. The van der Waals surface area contributed by atoms with Crippen molar-refractivity contribution in [1.82, 2.24) is 4.98 Å². The van der Waals surface area contributed by atoms with Gasteiger partial charge in [0.05, 0.1) is 18.0 Å². The fourth-order valence-corrected chi connectivity index (χ4v) is 3.88. The number of aromatic nitrogens is 1. The normalized spacial score (nSPS) is 25.7. The van der Waals surface area contributed by atoms with E-state index in [1.54, 1.807) is 19.1 Å². The molecule has 1 amide bonds. The molecule has 1 unspecified atom stereocenters. The molecule has 2 atom stereocenters. The van der Waals surface area contributed by atoms with Gasteiger partial charge in [-0.3, -0.25) is 4.79 Å². The summed E-state index contributed by atoms with van der Waals surface area (Å²) in [5.41, 5.74) is -0.176. The van der Waals surface area contributed by atoms with Crippen molar-refractivity contribution in [2.24, 2.45) is 0 Å². The quantitative estimate of drug-likeness (QED) is 0.788. The number of anilines is 2. The Morgan fingerprint density at radius 1 is 1.27 bits per heavy atom. The highest BCUT2D eigenvalue weighted by Crippen LogP contribution is 2.50. The first-order valence-corrected chi connectivity index (χ1v) is 9.51. The van der Waals surface area contributed by atoms with Crippen molar-refractivity contribution in [3.8, 4) is 17.2 Å². The molecule has 4 heterocycles. The summed E-state index contributed by atoms with van der Waals surface area (Å²) in [5.74, 6) is 0.392. The molecule has 2 aromatic rings. The van der Waals surface area contributed by atoms with Gasteiger partial charge in [0.25, 0.3) is 0 Å². The van der Waals surface area contributed by atoms with Crippen molar-refractivity contribution >= 4 is 17.4 Å². The Kier molecular flexibility index (Phi) is 4.04. The minimum Gasteiger partial charge on any atom is -0.492 e. The standard InChI is InChI=1S/C20H19F2N3O5/c1-19(10-28-14-7-16-15(6-13(14)19)29-20(21,22)30-16)18(27)24-11-2-3-17(23-8-11)25-5-4-12(26)9-25/h2-3,6-8,12,26H,4-5,9-10H2,1H3,(H,24,27)/t12?,19-/m0/s1. The molecule has 8 nitrogen and oxygen atoms in total. The highest BCUT2D eigenvalue weighted by Gasteiger charge is 2.48. The van der Waals surface area contributed by atoms with Crippen LogP contribution >= 0.6 is 0 Å². The number of nitrogens with one attached hydrogen (secondary N) is 1. The molecule has 0 saturated carbocycles. The first kappa shape index (κ1) is 18.9. The predicted molar refractivity (Wildman–Crippen MR) is 101 cm³/mol. The molecule has 1 fully saturated rings. The number of hydrogen-bond acceptors (Lipinski definition) is 7. The van der Waals surface area contributed by atoms with Crippen LogP contribution < -0.4 is 24.4 Å². The van der Waals surface area contributed by atoms with Crippen molar-refractivity contribution in [3.05, 3.63) is 36.0 Å². The molecular weight excluding hydrogens is 400 g/mol. The second-order valence-corrected chi connectivity index (χ2v) is 7.83. The fraction of sp³-hybridized carbons (Fsp3) is 0.400. The average Bonchev–Trinajstić information content (AvgIpc) is 3.35. The zero-order chi connectivity index (χ0) is 21.1. The lowest BCUT2D eigenvalue weighted by atomic mass is 9.83. The molecular formula is C20H19F2N3O5. The maximum absolute atomic E-state index is 13.3. The van der Waals surface area contributed by atoms with E-state index >= 15 is 0 Å². The van der Waals surface area contributed by atoms with Gasteiger partial charge >= 0.3 is 6.29 Å². The molecule has 1 aromatic heterocycles. The molecule has 0 bridgehead atoms. The summed E-state index contributed by atoms with van der Waals surface area (Å²) in [6.45, 7) is 2.97. The minimum absolute atomic E-state index is 0.0463.